The molecule has 0 bridgehead atoms. The van der Waals surface area contributed by atoms with Gasteiger partial charge < -0.3 is 20.4 Å². The highest BCUT2D eigenvalue weighted by Crippen LogP contribution is 2.14. The van der Waals surface area contributed by atoms with Gasteiger partial charge in [0.15, 0.2) is 0 Å². The van der Waals surface area contributed by atoms with Crippen molar-refractivity contribution in [3.8, 4) is 0 Å². The molecule has 0 saturated carbocycles. The first kappa shape index (κ1) is 17.8. The van der Waals surface area contributed by atoms with Crippen molar-refractivity contribution in [1.29, 1.82) is 0 Å². The van der Waals surface area contributed by atoms with Crippen LogP contribution in [-0.4, -0.2) is 44.8 Å². The van der Waals surface area contributed by atoms with Crippen LogP contribution >= 0.6 is 0 Å². The molecule has 0 radical (unpaired) electrons. The summed E-state index contributed by atoms with van der Waals surface area (Å²) in [6, 6.07) is 0. The Labute approximate surface area is 111 Å². The van der Waals surface area contributed by atoms with Crippen molar-refractivity contribution in [2.24, 2.45) is 0 Å². The third-order valence-electron chi connectivity index (χ3n) is 3.28. The van der Waals surface area contributed by atoms with Crippen molar-refractivity contribution >= 4 is 0 Å². The molecule has 0 aliphatic heterocycles. The van der Waals surface area contributed by atoms with Crippen LogP contribution in [0.1, 0.15) is 65.2 Å². The highest BCUT2D eigenvalue weighted by atomic mass is 16.3. The number of aliphatic hydroxyl groups is 4. The van der Waals surface area contributed by atoms with Crippen LogP contribution in [0.5, 0.6) is 0 Å². The molecule has 0 aromatic carbocycles. The fraction of sp³-hybridized carbons (Fsp3) is 1.00. The van der Waals surface area contributed by atoms with Crippen molar-refractivity contribution in [3.05, 3.63) is 0 Å². The van der Waals surface area contributed by atoms with E-state index in [4.69, 9.17) is 0 Å². The van der Waals surface area contributed by atoms with E-state index in [0.29, 0.717) is 25.7 Å². The molecule has 0 rings (SSSR count). The van der Waals surface area contributed by atoms with E-state index in [0.717, 1.165) is 25.7 Å². The van der Waals surface area contributed by atoms with E-state index in [2.05, 4.69) is 0 Å². The largest absolute Gasteiger partial charge is 0.393 e. The van der Waals surface area contributed by atoms with Crippen LogP contribution in [0, 0.1) is 0 Å². The van der Waals surface area contributed by atoms with Gasteiger partial charge in [-0.3, -0.25) is 0 Å². The molecule has 0 heterocycles. The van der Waals surface area contributed by atoms with Crippen molar-refractivity contribution in [1.82, 2.24) is 0 Å². The van der Waals surface area contributed by atoms with Crippen molar-refractivity contribution in [2.45, 2.75) is 89.6 Å². The third-order valence-corrected chi connectivity index (χ3v) is 3.28. The number of aliphatic hydroxyl groups excluding tert-OH is 4. The van der Waals surface area contributed by atoms with E-state index in [1.165, 1.54) is 0 Å². The first-order valence-electron chi connectivity index (χ1n) is 7.23. The van der Waals surface area contributed by atoms with Gasteiger partial charge in [0.05, 0.1) is 24.4 Å². The summed E-state index contributed by atoms with van der Waals surface area (Å²) in [5.74, 6) is 0. The molecule has 18 heavy (non-hydrogen) atoms. The van der Waals surface area contributed by atoms with Gasteiger partial charge in [0.1, 0.15) is 0 Å². The third kappa shape index (κ3) is 8.86. The fourth-order valence-electron chi connectivity index (χ4n) is 2.07. The lowest BCUT2D eigenvalue weighted by molar-refractivity contribution is -0.00681. The van der Waals surface area contributed by atoms with E-state index >= 15 is 0 Å². The Morgan fingerprint density at radius 2 is 0.889 bits per heavy atom. The Balaban J connectivity index is 3.71. The van der Waals surface area contributed by atoms with Gasteiger partial charge in [-0.1, -0.05) is 26.7 Å². The Morgan fingerprint density at radius 3 is 1.17 bits per heavy atom. The van der Waals surface area contributed by atoms with Gasteiger partial charge in [-0.25, -0.2) is 0 Å². The molecular weight excluding hydrogens is 232 g/mol. The Hall–Kier alpha value is -0.160. The molecule has 0 aromatic heterocycles. The van der Waals surface area contributed by atoms with Gasteiger partial charge >= 0.3 is 0 Å². The number of hydrogen-bond donors (Lipinski definition) is 4. The molecule has 4 nitrogen and oxygen atoms in total. The van der Waals surface area contributed by atoms with E-state index in [-0.39, 0.29) is 12.2 Å². The maximum absolute atomic E-state index is 9.73. The summed E-state index contributed by atoms with van der Waals surface area (Å²) in [6.07, 6.45) is 2.79. The van der Waals surface area contributed by atoms with Crippen LogP contribution in [0.3, 0.4) is 0 Å². The van der Waals surface area contributed by atoms with Gasteiger partial charge in [0.25, 0.3) is 0 Å². The summed E-state index contributed by atoms with van der Waals surface area (Å²) >= 11 is 0. The van der Waals surface area contributed by atoms with E-state index in [1.54, 1.807) is 0 Å². The number of hydrogen-bond acceptors (Lipinski definition) is 4. The Bertz CT molecular complexity index is 167. The van der Waals surface area contributed by atoms with E-state index in [1.807, 2.05) is 13.8 Å². The predicted octanol–water partition coefficient (Wildman–Crippen LogP) is 1.59. The zero-order valence-electron chi connectivity index (χ0n) is 11.8. The summed E-state index contributed by atoms with van der Waals surface area (Å²) in [5, 5.41) is 38.5. The molecular formula is C14H30O4. The van der Waals surface area contributed by atoms with E-state index in [9.17, 15) is 20.4 Å². The molecule has 110 valence electrons. The van der Waals surface area contributed by atoms with Gasteiger partial charge in [-0.05, 0) is 38.5 Å². The zero-order valence-corrected chi connectivity index (χ0v) is 11.8. The lowest BCUT2D eigenvalue weighted by Crippen LogP contribution is -2.28. The average molecular weight is 262 g/mol. The summed E-state index contributed by atoms with van der Waals surface area (Å²) in [7, 11) is 0. The maximum Gasteiger partial charge on any atom is 0.0800 e. The predicted molar refractivity (Wildman–Crippen MR) is 72.3 cm³/mol. The first-order chi connectivity index (χ1) is 8.51. The van der Waals surface area contributed by atoms with Gasteiger partial charge in [0.2, 0.25) is 0 Å². The molecule has 4 heteroatoms. The first-order valence-corrected chi connectivity index (χ1v) is 7.23. The Morgan fingerprint density at radius 1 is 0.556 bits per heavy atom. The number of rotatable bonds is 11. The van der Waals surface area contributed by atoms with Crippen LogP contribution in [0.25, 0.3) is 0 Å². The van der Waals surface area contributed by atoms with Crippen LogP contribution < -0.4 is 0 Å². The molecule has 4 atom stereocenters. The second-order valence-corrected chi connectivity index (χ2v) is 5.17. The second kappa shape index (κ2) is 10.7. The van der Waals surface area contributed by atoms with Gasteiger partial charge in [-0.15, -0.1) is 0 Å². The molecule has 4 N–H and O–H groups in total. The van der Waals surface area contributed by atoms with Crippen molar-refractivity contribution < 1.29 is 20.4 Å². The van der Waals surface area contributed by atoms with Gasteiger partial charge in [0, 0.05) is 0 Å². The molecule has 0 fully saturated rings. The monoisotopic (exact) mass is 262 g/mol. The molecule has 4 unspecified atom stereocenters. The average Bonchev–Trinajstić information content (AvgIpc) is 2.33. The summed E-state index contributed by atoms with van der Waals surface area (Å²) in [4.78, 5) is 0. The smallest absolute Gasteiger partial charge is 0.0800 e. The SMILES string of the molecule is CCCC(O)CCC(O)C(O)CCC(O)CCC. The minimum atomic E-state index is -0.801. The zero-order chi connectivity index (χ0) is 14.0. The van der Waals surface area contributed by atoms with Crippen LogP contribution in [-0.2, 0) is 0 Å². The minimum Gasteiger partial charge on any atom is -0.393 e. The Kier molecular flexibility index (Phi) is 10.6. The quantitative estimate of drug-likeness (QED) is 0.456. The fourth-order valence-corrected chi connectivity index (χ4v) is 2.07. The van der Waals surface area contributed by atoms with Crippen LogP contribution in [0.15, 0.2) is 0 Å². The lowest BCUT2D eigenvalue weighted by atomic mass is 9.98. The molecule has 0 aliphatic rings. The van der Waals surface area contributed by atoms with E-state index < -0.39 is 12.2 Å². The highest BCUT2D eigenvalue weighted by Gasteiger charge is 2.18. The highest BCUT2D eigenvalue weighted by molar-refractivity contribution is 4.71. The minimum absolute atomic E-state index is 0.387. The van der Waals surface area contributed by atoms with Crippen molar-refractivity contribution in [3.63, 3.8) is 0 Å². The van der Waals surface area contributed by atoms with Crippen LogP contribution in [0.2, 0.25) is 0 Å². The lowest BCUT2D eigenvalue weighted by Gasteiger charge is -2.20. The molecule has 0 spiro atoms. The van der Waals surface area contributed by atoms with Crippen LogP contribution in [0.4, 0.5) is 0 Å². The normalized spacial score (nSPS) is 18.3. The summed E-state index contributed by atoms with van der Waals surface area (Å²) < 4.78 is 0. The standard InChI is InChI=1S/C14H30O4/c1-3-5-11(15)7-9-13(17)14(18)10-8-12(16)6-4-2/h11-18H,3-10H2,1-2H3. The molecule has 0 amide bonds. The second-order valence-electron chi connectivity index (χ2n) is 5.17. The summed E-state index contributed by atoms with van der Waals surface area (Å²) in [5.41, 5.74) is 0. The maximum atomic E-state index is 9.73. The van der Waals surface area contributed by atoms with Crippen molar-refractivity contribution in [2.75, 3.05) is 0 Å². The summed E-state index contributed by atoms with van der Waals surface area (Å²) in [6.45, 7) is 4.01. The molecule has 0 aromatic rings. The molecule has 0 saturated heterocycles. The topological polar surface area (TPSA) is 80.9 Å². The molecule has 0 aliphatic carbocycles. The van der Waals surface area contributed by atoms with Gasteiger partial charge in [-0.2, -0.15) is 0 Å².